The number of hydrogen-bond donors (Lipinski definition) is 1. The van der Waals surface area contributed by atoms with Crippen LogP contribution in [0.25, 0.3) is 0 Å². The summed E-state index contributed by atoms with van der Waals surface area (Å²) in [6, 6.07) is 0. The zero-order valence-electron chi connectivity index (χ0n) is 6.94. The lowest BCUT2D eigenvalue weighted by molar-refractivity contribution is 0.813. The molecule has 0 radical (unpaired) electrons. The summed E-state index contributed by atoms with van der Waals surface area (Å²) in [4.78, 5) is 0. The molecule has 0 aromatic heterocycles. The molecule has 0 aromatic carbocycles. The van der Waals surface area contributed by atoms with Crippen LogP contribution in [0, 0.1) is 0 Å². The molecule has 2 nitrogen and oxygen atoms in total. The van der Waals surface area contributed by atoms with Crippen LogP contribution in [-0.4, -0.2) is 12.8 Å². The summed E-state index contributed by atoms with van der Waals surface area (Å²) in [6.07, 6.45) is 2.97. The van der Waals surface area contributed by atoms with Crippen molar-refractivity contribution in [2.45, 2.75) is 34.1 Å². The summed E-state index contributed by atoms with van der Waals surface area (Å²) in [7, 11) is 0. The van der Waals surface area contributed by atoms with Gasteiger partial charge in [0.05, 0.1) is 0 Å². The van der Waals surface area contributed by atoms with Crippen LogP contribution in [0.1, 0.15) is 34.1 Å². The SMILES string of the molecule is C1=NNCC1.CC.CC. The van der Waals surface area contributed by atoms with Crippen molar-refractivity contribution in [1.82, 2.24) is 5.43 Å². The first-order valence-corrected chi connectivity index (χ1v) is 3.74. The van der Waals surface area contributed by atoms with Crippen molar-refractivity contribution in [1.29, 1.82) is 0 Å². The lowest BCUT2D eigenvalue weighted by atomic mass is 10.5. The number of nitrogens with one attached hydrogen (secondary N) is 1. The van der Waals surface area contributed by atoms with Crippen LogP contribution in [0.5, 0.6) is 0 Å². The highest BCUT2D eigenvalue weighted by atomic mass is 15.3. The van der Waals surface area contributed by atoms with E-state index < -0.39 is 0 Å². The van der Waals surface area contributed by atoms with Crippen LogP contribution in [0.2, 0.25) is 0 Å². The predicted octanol–water partition coefficient (Wildman–Crippen LogP) is 2.02. The molecule has 1 heterocycles. The van der Waals surface area contributed by atoms with Crippen LogP contribution in [0.3, 0.4) is 0 Å². The average molecular weight is 130 g/mol. The quantitative estimate of drug-likeness (QED) is 0.533. The fraction of sp³-hybridized carbons (Fsp3) is 0.857. The van der Waals surface area contributed by atoms with Gasteiger partial charge in [-0.15, -0.1) is 0 Å². The first kappa shape index (κ1) is 11.3. The van der Waals surface area contributed by atoms with E-state index in [1.807, 2.05) is 33.9 Å². The zero-order chi connectivity index (χ0) is 7.54. The largest absolute Gasteiger partial charge is 0.310 e. The second kappa shape index (κ2) is 15.6. The molecule has 0 spiro atoms. The molecule has 1 rings (SSSR count). The van der Waals surface area contributed by atoms with Crippen molar-refractivity contribution in [2.24, 2.45) is 5.10 Å². The highest BCUT2D eigenvalue weighted by molar-refractivity contribution is 5.58. The number of nitrogens with zero attached hydrogens (tertiary/aromatic N) is 1. The van der Waals surface area contributed by atoms with E-state index >= 15 is 0 Å². The molecule has 0 bridgehead atoms. The fourth-order valence-corrected chi connectivity index (χ4v) is 0.323. The van der Waals surface area contributed by atoms with Gasteiger partial charge in [0.25, 0.3) is 0 Å². The van der Waals surface area contributed by atoms with E-state index in [4.69, 9.17) is 0 Å². The van der Waals surface area contributed by atoms with Crippen LogP contribution in [-0.2, 0) is 0 Å². The minimum atomic E-state index is 1.03. The molecular weight excluding hydrogens is 112 g/mol. The van der Waals surface area contributed by atoms with Gasteiger partial charge in [-0.25, -0.2) is 0 Å². The summed E-state index contributed by atoms with van der Waals surface area (Å²) in [5, 5.41) is 3.71. The lowest BCUT2D eigenvalue weighted by Gasteiger charge is -1.76. The Morgan fingerprint density at radius 1 is 1.22 bits per heavy atom. The highest BCUT2D eigenvalue weighted by Crippen LogP contribution is 1.75. The zero-order valence-corrected chi connectivity index (χ0v) is 6.94. The molecule has 0 saturated carbocycles. The summed E-state index contributed by atoms with van der Waals surface area (Å²) < 4.78 is 0. The molecule has 0 atom stereocenters. The molecule has 0 saturated heterocycles. The summed E-state index contributed by atoms with van der Waals surface area (Å²) in [5.74, 6) is 0. The van der Waals surface area contributed by atoms with E-state index in [1.165, 1.54) is 0 Å². The Hall–Kier alpha value is -0.530. The van der Waals surface area contributed by atoms with Crippen molar-refractivity contribution in [3.05, 3.63) is 0 Å². The van der Waals surface area contributed by atoms with Crippen LogP contribution < -0.4 is 5.43 Å². The van der Waals surface area contributed by atoms with E-state index in [1.54, 1.807) is 0 Å². The van der Waals surface area contributed by atoms with Gasteiger partial charge in [0, 0.05) is 19.2 Å². The Balaban J connectivity index is 0. The van der Waals surface area contributed by atoms with E-state index in [0.29, 0.717) is 0 Å². The Kier molecular flexibility index (Phi) is 19.6. The molecule has 0 fully saturated rings. The molecule has 0 amide bonds. The molecule has 0 aliphatic carbocycles. The maximum atomic E-state index is 3.71. The third kappa shape index (κ3) is 11.2. The van der Waals surface area contributed by atoms with E-state index in [9.17, 15) is 0 Å². The minimum absolute atomic E-state index is 1.03. The fourth-order valence-electron chi connectivity index (χ4n) is 0.323. The number of hydrazone groups is 1. The van der Waals surface area contributed by atoms with Crippen LogP contribution in [0.4, 0.5) is 0 Å². The van der Waals surface area contributed by atoms with Crippen molar-refractivity contribution >= 4 is 6.21 Å². The topological polar surface area (TPSA) is 24.4 Å². The molecule has 1 N–H and O–H groups in total. The molecule has 0 aromatic rings. The maximum absolute atomic E-state index is 3.71. The van der Waals surface area contributed by atoms with Gasteiger partial charge in [0.15, 0.2) is 0 Å². The van der Waals surface area contributed by atoms with Gasteiger partial charge in [-0.3, -0.25) is 0 Å². The normalized spacial score (nSPS) is 12.0. The average Bonchev–Trinajstić information content (AvgIpc) is 2.51. The Morgan fingerprint density at radius 3 is 1.89 bits per heavy atom. The molecule has 56 valence electrons. The van der Waals surface area contributed by atoms with E-state index in [2.05, 4.69) is 10.5 Å². The molecule has 1 aliphatic rings. The lowest BCUT2D eigenvalue weighted by Crippen LogP contribution is -1.96. The first-order valence-electron chi connectivity index (χ1n) is 3.74. The monoisotopic (exact) mass is 130 g/mol. The van der Waals surface area contributed by atoms with Crippen molar-refractivity contribution < 1.29 is 0 Å². The standard InChI is InChI=1S/C3H6N2.2C2H6/c1-2-4-5-3-1;2*1-2/h2,5H,1,3H2;2*1-2H3. The highest BCUT2D eigenvalue weighted by Gasteiger charge is 1.83. The van der Waals surface area contributed by atoms with Crippen LogP contribution >= 0.6 is 0 Å². The maximum Gasteiger partial charge on any atom is 0.0379 e. The van der Waals surface area contributed by atoms with Gasteiger partial charge in [0.2, 0.25) is 0 Å². The van der Waals surface area contributed by atoms with Gasteiger partial charge < -0.3 is 5.43 Å². The third-order valence-corrected chi connectivity index (χ3v) is 0.568. The second-order valence-electron chi connectivity index (χ2n) is 1.01. The second-order valence-corrected chi connectivity index (χ2v) is 1.01. The number of rotatable bonds is 0. The molecular formula is C7H18N2. The molecule has 2 heteroatoms. The first-order chi connectivity index (χ1) is 4.50. The van der Waals surface area contributed by atoms with Crippen LogP contribution in [0.15, 0.2) is 5.10 Å². The van der Waals surface area contributed by atoms with Gasteiger partial charge in [0.1, 0.15) is 0 Å². The van der Waals surface area contributed by atoms with Gasteiger partial charge >= 0.3 is 0 Å². The number of hydrogen-bond acceptors (Lipinski definition) is 2. The third-order valence-electron chi connectivity index (χ3n) is 0.568. The predicted molar refractivity (Wildman–Crippen MR) is 43.8 cm³/mol. The Bertz CT molecular complexity index is 44.9. The Morgan fingerprint density at radius 2 is 1.78 bits per heavy atom. The van der Waals surface area contributed by atoms with Gasteiger partial charge in [-0.1, -0.05) is 27.7 Å². The minimum Gasteiger partial charge on any atom is -0.310 e. The smallest absolute Gasteiger partial charge is 0.0379 e. The van der Waals surface area contributed by atoms with Crippen molar-refractivity contribution in [3.8, 4) is 0 Å². The van der Waals surface area contributed by atoms with Gasteiger partial charge in [-0.05, 0) is 0 Å². The summed E-state index contributed by atoms with van der Waals surface area (Å²) in [6.45, 7) is 9.03. The molecule has 1 aliphatic heterocycles. The molecule has 0 unspecified atom stereocenters. The summed E-state index contributed by atoms with van der Waals surface area (Å²) in [5.41, 5.74) is 2.79. The summed E-state index contributed by atoms with van der Waals surface area (Å²) >= 11 is 0. The van der Waals surface area contributed by atoms with E-state index in [-0.39, 0.29) is 0 Å². The van der Waals surface area contributed by atoms with E-state index in [0.717, 1.165) is 13.0 Å². The molecule has 9 heavy (non-hydrogen) atoms. The van der Waals surface area contributed by atoms with Crippen molar-refractivity contribution in [3.63, 3.8) is 0 Å². The van der Waals surface area contributed by atoms with Crippen molar-refractivity contribution in [2.75, 3.05) is 6.54 Å². The van der Waals surface area contributed by atoms with Gasteiger partial charge in [-0.2, -0.15) is 5.10 Å². The Labute approximate surface area is 58.4 Å².